The minimum Gasteiger partial charge on any atom is -0.322 e. The van der Waals surface area contributed by atoms with E-state index >= 15 is 0 Å². The Hall–Kier alpha value is -3.51. The summed E-state index contributed by atoms with van der Waals surface area (Å²) in [6.07, 6.45) is 1.47. The molecule has 1 aliphatic heterocycles. The number of nitrogens with zero attached hydrogens (tertiary/aromatic N) is 2. The molecule has 6 nitrogen and oxygen atoms in total. The fourth-order valence-electron chi connectivity index (χ4n) is 2.83. The first kappa shape index (κ1) is 16.9. The van der Waals surface area contributed by atoms with Gasteiger partial charge in [0.15, 0.2) is 0 Å². The highest BCUT2D eigenvalue weighted by atomic mass is 35.5. The summed E-state index contributed by atoms with van der Waals surface area (Å²) in [6.45, 7) is 0. The third-order valence-electron chi connectivity index (χ3n) is 4.12. The van der Waals surface area contributed by atoms with Crippen LogP contribution in [0.3, 0.4) is 0 Å². The number of imide groups is 1. The van der Waals surface area contributed by atoms with Crippen molar-refractivity contribution >= 4 is 40.7 Å². The number of hydrogen-bond donors (Lipinski definition) is 1. The molecule has 0 atom stereocenters. The highest BCUT2D eigenvalue weighted by Crippen LogP contribution is 2.28. The Labute approximate surface area is 159 Å². The largest absolute Gasteiger partial charge is 0.322 e. The smallest absolute Gasteiger partial charge is 0.284 e. The van der Waals surface area contributed by atoms with E-state index in [2.05, 4.69) is 10.3 Å². The summed E-state index contributed by atoms with van der Waals surface area (Å²) in [7, 11) is 0. The predicted octanol–water partition coefficient (Wildman–Crippen LogP) is 3.79. The lowest BCUT2D eigenvalue weighted by Crippen LogP contribution is -2.29. The average molecular weight is 378 g/mol. The molecule has 1 aromatic heterocycles. The van der Waals surface area contributed by atoms with Gasteiger partial charge in [0.2, 0.25) is 0 Å². The third kappa shape index (κ3) is 3.07. The SMILES string of the molecule is O=C(Nc1cccc(N2C(=O)c3cccnc3C2=O)c1)c1ccc(Cl)cc1. The number of amides is 3. The summed E-state index contributed by atoms with van der Waals surface area (Å²) >= 11 is 5.83. The standard InChI is InChI=1S/C20H12ClN3O3/c21-13-8-6-12(7-9-13)18(25)23-14-3-1-4-15(11-14)24-19(26)16-5-2-10-22-17(16)20(24)27/h1-11H,(H,23,25). The number of fused-ring (bicyclic) bond motifs is 1. The van der Waals surface area contributed by atoms with Gasteiger partial charge in [-0.15, -0.1) is 0 Å². The molecule has 2 heterocycles. The molecule has 0 spiro atoms. The molecule has 3 aromatic rings. The minimum absolute atomic E-state index is 0.123. The molecule has 132 valence electrons. The molecule has 1 aliphatic rings. The molecule has 2 aromatic carbocycles. The summed E-state index contributed by atoms with van der Waals surface area (Å²) < 4.78 is 0. The summed E-state index contributed by atoms with van der Waals surface area (Å²) in [6, 6.07) is 16.2. The summed E-state index contributed by atoms with van der Waals surface area (Å²) in [5, 5.41) is 3.28. The second-order valence-electron chi connectivity index (χ2n) is 5.86. The zero-order valence-corrected chi connectivity index (χ0v) is 14.6. The zero-order valence-electron chi connectivity index (χ0n) is 13.8. The number of carbonyl (C=O) groups is 3. The van der Waals surface area contributed by atoms with Gasteiger partial charge in [0, 0.05) is 22.5 Å². The van der Waals surface area contributed by atoms with Gasteiger partial charge in [-0.25, -0.2) is 4.90 Å². The first-order valence-corrected chi connectivity index (χ1v) is 8.43. The van der Waals surface area contributed by atoms with E-state index in [0.29, 0.717) is 22.0 Å². The van der Waals surface area contributed by atoms with E-state index in [9.17, 15) is 14.4 Å². The Kier molecular flexibility index (Phi) is 4.18. The highest BCUT2D eigenvalue weighted by molar-refractivity contribution is 6.33. The Morgan fingerprint density at radius 1 is 0.963 bits per heavy atom. The van der Waals surface area contributed by atoms with Gasteiger partial charge < -0.3 is 5.32 Å². The van der Waals surface area contributed by atoms with Gasteiger partial charge in [-0.2, -0.15) is 0 Å². The van der Waals surface area contributed by atoms with Crippen molar-refractivity contribution in [2.45, 2.75) is 0 Å². The molecule has 0 unspecified atom stereocenters. The second-order valence-corrected chi connectivity index (χ2v) is 6.29. The molecule has 27 heavy (non-hydrogen) atoms. The molecule has 4 rings (SSSR count). The molecule has 0 radical (unpaired) electrons. The normalized spacial score (nSPS) is 12.9. The number of hydrogen-bond acceptors (Lipinski definition) is 4. The summed E-state index contributed by atoms with van der Waals surface area (Å²) in [5.41, 5.74) is 1.64. The van der Waals surface area contributed by atoms with Crippen molar-refractivity contribution in [2.24, 2.45) is 0 Å². The third-order valence-corrected chi connectivity index (χ3v) is 4.37. The van der Waals surface area contributed by atoms with Gasteiger partial charge in [0.1, 0.15) is 5.69 Å². The van der Waals surface area contributed by atoms with Crippen molar-refractivity contribution in [2.75, 3.05) is 10.2 Å². The highest BCUT2D eigenvalue weighted by Gasteiger charge is 2.37. The van der Waals surface area contributed by atoms with Gasteiger partial charge in [-0.05, 0) is 54.6 Å². The van der Waals surface area contributed by atoms with Crippen LogP contribution < -0.4 is 10.2 Å². The Morgan fingerprint density at radius 2 is 1.74 bits per heavy atom. The molecule has 0 fully saturated rings. The quantitative estimate of drug-likeness (QED) is 0.704. The van der Waals surface area contributed by atoms with Crippen LogP contribution in [0.25, 0.3) is 0 Å². The Balaban J connectivity index is 1.60. The van der Waals surface area contributed by atoms with Crippen molar-refractivity contribution in [1.29, 1.82) is 0 Å². The van der Waals surface area contributed by atoms with Crippen LogP contribution in [0, 0.1) is 0 Å². The van der Waals surface area contributed by atoms with Crippen molar-refractivity contribution in [1.82, 2.24) is 4.98 Å². The number of aromatic nitrogens is 1. The maximum absolute atomic E-state index is 12.6. The number of rotatable bonds is 3. The van der Waals surface area contributed by atoms with Crippen LogP contribution in [0.2, 0.25) is 5.02 Å². The fourth-order valence-corrected chi connectivity index (χ4v) is 2.95. The van der Waals surface area contributed by atoms with E-state index in [1.165, 1.54) is 6.20 Å². The summed E-state index contributed by atoms with van der Waals surface area (Å²) in [4.78, 5) is 42.5. The maximum Gasteiger partial charge on any atom is 0.284 e. The lowest BCUT2D eigenvalue weighted by molar-refractivity contribution is 0.0923. The van der Waals surface area contributed by atoms with Crippen molar-refractivity contribution in [3.8, 4) is 0 Å². The predicted molar refractivity (Wildman–Crippen MR) is 101 cm³/mol. The molecule has 0 aliphatic carbocycles. The van der Waals surface area contributed by atoms with Crippen molar-refractivity contribution in [3.63, 3.8) is 0 Å². The van der Waals surface area contributed by atoms with E-state index in [0.717, 1.165) is 4.90 Å². The fraction of sp³-hybridized carbons (Fsp3) is 0. The van der Waals surface area contributed by atoms with Crippen LogP contribution in [0.1, 0.15) is 31.2 Å². The second kappa shape index (κ2) is 6.66. The van der Waals surface area contributed by atoms with Crippen LogP contribution >= 0.6 is 11.6 Å². The van der Waals surface area contributed by atoms with E-state index in [1.54, 1.807) is 60.7 Å². The average Bonchev–Trinajstić information content (AvgIpc) is 2.93. The molecule has 1 N–H and O–H groups in total. The first-order chi connectivity index (χ1) is 13.0. The van der Waals surface area contributed by atoms with E-state index in [-0.39, 0.29) is 17.2 Å². The van der Waals surface area contributed by atoms with Crippen LogP contribution in [0.4, 0.5) is 11.4 Å². The lowest BCUT2D eigenvalue weighted by Gasteiger charge is -2.15. The maximum atomic E-state index is 12.6. The molecule has 3 amide bonds. The van der Waals surface area contributed by atoms with Crippen LogP contribution in [0.5, 0.6) is 0 Å². The first-order valence-electron chi connectivity index (χ1n) is 8.05. The number of nitrogens with one attached hydrogen (secondary N) is 1. The Bertz CT molecular complexity index is 1040. The molecule has 0 saturated carbocycles. The van der Waals surface area contributed by atoms with Crippen molar-refractivity contribution < 1.29 is 14.4 Å². The van der Waals surface area contributed by atoms with Crippen LogP contribution in [-0.4, -0.2) is 22.7 Å². The molecule has 7 heteroatoms. The minimum atomic E-state index is -0.489. The van der Waals surface area contributed by atoms with E-state index in [1.807, 2.05) is 0 Å². The van der Waals surface area contributed by atoms with Gasteiger partial charge in [0.25, 0.3) is 17.7 Å². The zero-order chi connectivity index (χ0) is 19.0. The van der Waals surface area contributed by atoms with Crippen molar-refractivity contribution in [3.05, 3.63) is 88.7 Å². The van der Waals surface area contributed by atoms with Crippen LogP contribution in [-0.2, 0) is 0 Å². The molecule has 0 saturated heterocycles. The van der Waals surface area contributed by atoms with Gasteiger partial charge >= 0.3 is 0 Å². The lowest BCUT2D eigenvalue weighted by atomic mass is 10.2. The molecular weight excluding hydrogens is 366 g/mol. The number of anilines is 2. The Morgan fingerprint density at radius 3 is 2.48 bits per heavy atom. The van der Waals surface area contributed by atoms with E-state index in [4.69, 9.17) is 11.6 Å². The topological polar surface area (TPSA) is 79.4 Å². The molecule has 0 bridgehead atoms. The van der Waals surface area contributed by atoms with Gasteiger partial charge in [-0.3, -0.25) is 19.4 Å². The number of benzene rings is 2. The summed E-state index contributed by atoms with van der Waals surface area (Å²) in [5.74, 6) is -1.26. The van der Waals surface area contributed by atoms with Gasteiger partial charge in [0.05, 0.1) is 11.3 Å². The molecular formula is C20H12ClN3O3. The van der Waals surface area contributed by atoms with E-state index < -0.39 is 11.8 Å². The van der Waals surface area contributed by atoms with Gasteiger partial charge in [-0.1, -0.05) is 17.7 Å². The monoisotopic (exact) mass is 377 g/mol. The number of pyridine rings is 1. The number of halogens is 1. The van der Waals surface area contributed by atoms with Crippen LogP contribution in [0.15, 0.2) is 66.9 Å². The number of carbonyl (C=O) groups excluding carboxylic acids is 3.